The fraction of sp³-hybridized carbons (Fsp3) is 0.263. The van der Waals surface area contributed by atoms with Crippen LogP contribution in [0.1, 0.15) is 15.8 Å². The number of aromatic nitrogens is 3. The van der Waals surface area contributed by atoms with Crippen LogP contribution in [0.5, 0.6) is 5.88 Å². The van der Waals surface area contributed by atoms with Gasteiger partial charge in [0.25, 0.3) is 0 Å². The molecule has 28 heavy (non-hydrogen) atoms. The van der Waals surface area contributed by atoms with Gasteiger partial charge in [0.2, 0.25) is 10.8 Å². The zero-order chi connectivity index (χ0) is 19.1. The van der Waals surface area contributed by atoms with Crippen LogP contribution in [0.2, 0.25) is 5.02 Å². The second-order valence-corrected chi connectivity index (χ2v) is 9.09. The van der Waals surface area contributed by atoms with Crippen LogP contribution in [0.4, 0.5) is 5.69 Å². The Morgan fingerprint density at radius 3 is 2.68 bits per heavy atom. The predicted octanol–water partition coefficient (Wildman–Crippen LogP) is 4.12. The lowest BCUT2D eigenvalue weighted by Gasteiger charge is -2.39. The van der Waals surface area contributed by atoms with Crippen LogP contribution in [0.15, 0.2) is 48.1 Å². The van der Waals surface area contributed by atoms with E-state index in [1.54, 1.807) is 11.3 Å². The van der Waals surface area contributed by atoms with Crippen molar-refractivity contribution in [3.05, 3.63) is 62.9 Å². The van der Waals surface area contributed by atoms with Gasteiger partial charge in [-0.1, -0.05) is 35.1 Å². The third-order valence-corrected chi connectivity index (χ3v) is 7.30. The first-order chi connectivity index (χ1) is 13.7. The minimum Gasteiger partial charge on any atom is -0.492 e. The SMILES string of the molecule is Oc1c([C@H](c2cccs2)N2CCN(c3cccc(Cl)c3)CC2)sc2ncnn12. The lowest BCUT2D eigenvalue weighted by atomic mass is 10.1. The Hall–Kier alpha value is -2.13. The van der Waals surface area contributed by atoms with E-state index < -0.39 is 0 Å². The molecule has 1 aliphatic heterocycles. The number of piperazine rings is 1. The van der Waals surface area contributed by atoms with Crippen molar-refractivity contribution in [2.45, 2.75) is 6.04 Å². The zero-order valence-corrected chi connectivity index (χ0v) is 17.3. The Morgan fingerprint density at radius 1 is 1.11 bits per heavy atom. The molecule has 0 unspecified atom stereocenters. The van der Waals surface area contributed by atoms with Gasteiger partial charge in [-0.3, -0.25) is 4.90 Å². The van der Waals surface area contributed by atoms with E-state index in [0.717, 1.165) is 41.8 Å². The van der Waals surface area contributed by atoms with Crippen LogP contribution >= 0.6 is 34.3 Å². The van der Waals surface area contributed by atoms with Gasteiger partial charge in [0.15, 0.2) is 0 Å². The first-order valence-electron chi connectivity index (χ1n) is 9.00. The maximum atomic E-state index is 10.8. The molecule has 0 aliphatic carbocycles. The summed E-state index contributed by atoms with van der Waals surface area (Å²) < 4.78 is 1.52. The summed E-state index contributed by atoms with van der Waals surface area (Å²) in [6.07, 6.45) is 1.47. The van der Waals surface area contributed by atoms with Crippen LogP contribution in [0.25, 0.3) is 4.96 Å². The first kappa shape index (κ1) is 17.9. The first-order valence-corrected chi connectivity index (χ1v) is 11.1. The minimum atomic E-state index is 0.00927. The van der Waals surface area contributed by atoms with E-state index in [2.05, 4.69) is 43.5 Å². The summed E-state index contributed by atoms with van der Waals surface area (Å²) in [6.45, 7) is 3.60. The summed E-state index contributed by atoms with van der Waals surface area (Å²) in [5, 5.41) is 17.7. The number of halogens is 1. The van der Waals surface area contributed by atoms with Gasteiger partial charge >= 0.3 is 0 Å². The number of thiazole rings is 1. The number of anilines is 1. The van der Waals surface area contributed by atoms with Crippen LogP contribution < -0.4 is 4.90 Å². The minimum absolute atomic E-state index is 0.00927. The molecule has 4 aromatic rings. The van der Waals surface area contributed by atoms with E-state index in [1.165, 1.54) is 27.1 Å². The molecule has 4 heterocycles. The zero-order valence-electron chi connectivity index (χ0n) is 14.9. The molecular weight excluding hydrogens is 414 g/mol. The van der Waals surface area contributed by atoms with Crippen molar-refractivity contribution in [2.24, 2.45) is 0 Å². The molecule has 9 heteroatoms. The highest BCUT2D eigenvalue weighted by Crippen LogP contribution is 2.41. The van der Waals surface area contributed by atoms with E-state index >= 15 is 0 Å². The third kappa shape index (κ3) is 3.16. The van der Waals surface area contributed by atoms with Gasteiger partial charge in [-0.15, -0.1) is 11.3 Å². The highest BCUT2D eigenvalue weighted by Gasteiger charge is 2.32. The van der Waals surface area contributed by atoms with Crippen molar-refractivity contribution >= 4 is 44.9 Å². The molecule has 1 saturated heterocycles. The third-order valence-electron chi connectivity index (χ3n) is 5.05. The molecule has 1 aromatic carbocycles. The number of hydrogen-bond donors (Lipinski definition) is 1. The highest BCUT2D eigenvalue weighted by molar-refractivity contribution is 7.17. The molecule has 1 N–H and O–H groups in total. The van der Waals surface area contributed by atoms with E-state index in [1.807, 2.05) is 18.2 Å². The molecule has 1 aliphatic rings. The lowest BCUT2D eigenvalue weighted by Crippen LogP contribution is -2.47. The molecule has 1 atom stereocenters. The maximum Gasteiger partial charge on any atom is 0.230 e. The summed E-state index contributed by atoms with van der Waals surface area (Å²) in [6, 6.07) is 12.2. The number of aromatic hydroxyl groups is 1. The van der Waals surface area contributed by atoms with Crippen molar-refractivity contribution < 1.29 is 5.11 Å². The maximum absolute atomic E-state index is 10.8. The molecule has 0 radical (unpaired) electrons. The van der Waals surface area contributed by atoms with Crippen LogP contribution in [0, 0.1) is 0 Å². The van der Waals surface area contributed by atoms with E-state index in [0.29, 0.717) is 4.96 Å². The molecule has 144 valence electrons. The second-order valence-electron chi connectivity index (χ2n) is 6.67. The molecule has 5 rings (SSSR count). The summed E-state index contributed by atoms with van der Waals surface area (Å²) >= 11 is 9.38. The summed E-state index contributed by atoms with van der Waals surface area (Å²) in [5.74, 6) is 0.188. The van der Waals surface area contributed by atoms with E-state index in [9.17, 15) is 5.11 Å². The Balaban J connectivity index is 1.43. The summed E-state index contributed by atoms with van der Waals surface area (Å²) in [7, 11) is 0. The molecule has 0 saturated carbocycles. The van der Waals surface area contributed by atoms with Gasteiger partial charge in [0.1, 0.15) is 6.33 Å². The Labute approximate surface area is 175 Å². The van der Waals surface area contributed by atoms with E-state index in [-0.39, 0.29) is 11.9 Å². The standard InChI is InChI=1S/C19H18ClN5OS2/c20-13-3-1-4-14(11-13)23-6-8-24(9-7-23)16(15-5-2-10-27-15)17-18(26)25-19(28-17)21-12-22-25/h1-5,10-12,16,26H,6-9H2/t16-/m0/s1. The number of hydrogen-bond acceptors (Lipinski definition) is 7. The Bertz CT molecular complexity index is 1090. The quantitative estimate of drug-likeness (QED) is 0.526. The van der Waals surface area contributed by atoms with Gasteiger partial charge in [0, 0.05) is 41.8 Å². The van der Waals surface area contributed by atoms with Gasteiger partial charge in [-0.05, 0) is 29.6 Å². The average molecular weight is 432 g/mol. The molecule has 6 nitrogen and oxygen atoms in total. The Kier molecular flexibility index (Phi) is 4.72. The fourth-order valence-corrected chi connectivity index (χ4v) is 5.91. The molecule has 0 bridgehead atoms. The summed E-state index contributed by atoms with van der Waals surface area (Å²) in [5.41, 5.74) is 1.15. The van der Waals surface area contributed by atoms with Crippen LogP contribution in [-0.4, -0.2) is 50.8 Å². The molecular formula is C19H18ClN5OS2. The topological polar surface area (TPSA) is 56.9 Å². The number of thiophene rings is 1. The van der Waals surface area contributed by atoms with Gasteiger partial charge in [0.05, 0.1) is 10.9 Å². The molecule has 0 amide bonds. The van der Waals surface area contributed by atoms with Gasteiger partial charge < -0.3 is 10.0 Å². The number of nitrogens with zero attached hydrogens (tertiary/aromatic N) is 5. The molecule has 0 spiro atoms. The monoisotopic (exact) mass is 431 g/mol. The summed E-state index contributed by atoms with van der Waals surface area (Å²) in [4.78, 5) is 11.9. The fourth-order valence-electron chi connectivity index (χ4n) is 3.71. The van der Waals surface area contributed by atoms with Crippen molar-refractivity contribution in [3.8, 4) is 5.88 Å². The van der Waals surface area contributed by atoms with Crippen molar-refractivity contribution in [1.82, 2.24) is 19.5 Å². The van der Waals surface area contributed by atoms with Crippen molar-refractivity contribution in [1.29, 1.82) is 0 Å². The molecule has 1 fully saturated rings. The van der Waals surface area contributed by atoms with Crippen molar-refractivity contribution in [3.63, 3.8) is 0 Å². The highest BCUT2D eigenvalue weighted by atomic mass is 35.5. The number of benzene rings is 1. The second kappa shape index (κ2) is 7.36. The largest absolute Gasteiger partial charge is 0.492 e. The predicted molar refractivity (Wildman–Crippen MR) is 114 cm³/mol. The van der Waals surface area contributed by atoms with Crippen LogP contribution in [0.3, 0.4) is 0 Å². The van der Waals surface area contributed by atoms with Crippen LogP contribution in [-0.2, 0) is 0 Å². The number of fused-ring (bicyclic) bond motifs is 1. The smallest absolute Gasteiger partial charge is 0.230 e. The molecule has 3 aromatic heterocycles. The van der Waals surface area contributed by atoms with Gasteiger partial charge in [-0.25, -0.2) is 4.98 Å². The van der Waals surface area contributed by atoms with Gasteiger partial charge in [-0.2, -0.15) is 9.61 Å². The van der Waals surface area contributed by atoms with Crippen molar-refractivity contribution in [2.75, 3.05) is 31.1 Å². The lowest BCUT2D eigenvalue weighted by molar-refractivity contribution is 0.213. The van der Waals surface area contributed by atoms with E-state index in [4.69, 9.17) is 11.6 Å². The number of rotatable bonds is 4. The average Bonchev–Trinajstić information content (AvgIpc) is 3.44. The Morgan fingerprint density at radius 2 is 1.96 bits per heavy atom. The normalized spacial score (nSPS) is 16.7.